The van der Waals surface area contributed by atoms with Gasteiger partial charge in [-0.1, -0.05) is 11.8 Å². The summed E-state index contributed by atoms with van der Waals surface area (Å²) in [5.74, 6) is -0.452. The highest BCUT2D eigenvalue weighted by Crippen LogP contribution is 2.38. The van der Waals surface area contributed by atoms with Gasteiger partial charge in [0.1, 0.15) is 17.3 Å². The minimum Gasteiger partial charge on any atom is -0.379 e. The molecule has 0 bridgehead atoms. The third-order valence-electron chi connectivity index (χ3n) is 4.37. The van der Waals surface area contributed by atoms with Crippen LogP contribution in [0.4, 0.5) is 14.5 Å². The van der Waals surface area contributed by atoms with Crippen molar-refractivity contribution in [1.82, 2.24) is 9.97 Å². The number of hydrogen-bond donors (Lipinski definition) is 2. The van der Waals surface area contributed by atoms with E-state index in [2.05, 4.69) is 25.0 Å². The zero-order valence-electron chi connectivity index (χ0n) is 15.9. The molecule has 0 spiro atoms. The van der Waals surface area contributed by atoms with Crippen molar-refractivity contribution >= 4 is 28.5 Å². The zero-order chi connectivity index (χ0) is 21.7. The number of ether oxygens (including phenoxy) is 1. The molecule has 1 aliphatic heterocycles. The van der Waals surface area contributed by atoms with Gasteiger partial charge in [0, 0.05) is 23.3 Å². The van der Waals surface area contributed by atoms with Crippen LogP contribution in [-0.2, 0) is 10.3 Å². The molecule has 0 fully saturated rings. The lowest BCUT2D eigenvalue weighted by atomic mass is 9.91. The van der Waals surface area contributed by atoms with E-state index in [1.54, 1.807) is 19.1 Å². The van der Waals surface area contributed by atoms with E-state index in [1.165, 1.54) is 36.3 Å². The Kier molecular flexibility index (Phi) is 6.59. The first-order valence-corrected chi connectivity index (χ1v) is 9.73. The molecule has 3 N–H and O–H groups in total. The Morgan fingerprint density at radius 2 is 2.27 bits per heavy atom. The fourth-order valence-electron chi connectivity index (χ4n) is 3.00. The molecular formula is C19H18F2N6O2S. The van der Waals surface area contributed by atoms with Crippen molar-refractivity contribution in [2.24, 2.45) is 10.7 Å². The number of aliphatic imine (C=N–C) groups is 1. The van der Waals surface area contributed by atoms with E-state index in [9.17, 15) is 13.6 Å². The lowest BCUT2D eigenvalue weighted by Crippen LogP contribution is -2.36. The molecule has 2 aromatic heterocycles. The summed E-state index contributed by atoms with van der Waals surface area (Å²) in [5.41, 5.74) is 6.53. The summed E-state index contributed by atoms with van der Waals surface area (Å²) < 4.78 is 29.2. The summed E-state index contributed by atoms with van der Waals surface area (Å²) in [6.45, 7) is -1.23. The number of carbonyl (C=O) groups excluding carboxylic acids is 1. The molecule has 0 aromatic carbocycles. The number of amides is 1. The molecule has 11 heteroatoms. The third-order valence-corrected chi connectivity index (χ3v) is 5.34. The largest absolute Gasteiger partial charge is 0.379 e. The van der Waals surface area contributed by atoms with Gasteiger partial charge in [0.25, 0.3) is 5.91 Å². The van der Waals surface area contributed by atoms with Crippen LogP contribution in [0.15, 0.2) is 41.7 Å². The van der Waals surface area contributed by atoms with Crippen molar-refractivity contribution in [1.29, 1.82) is 5.26 Å². The first-order valence-electron chi connectivity index (χ1n) is 8.85. The first kappa shape index (κ1) is 21.6. The zero-order valence-corrected chi connectivity index (χ0v) is 16.7. The number of hydrogen-bond acceptors (Lipinski definition) is 8. The van der Waals surface area contributed by atoms with E-state index in [0.29, 0.717) is 23.4 Å². The van der Waals surface area contributed by atoms with Crippen LogP contribution in [0.3, 0.4) is 0 Å². The van der Waals surface area contributed by atoms with Crippen molar-refractivity contribution in [2.45, 2.75) is 30.7 Å². The smallest absolute Gasteiger partial charge is 0.345 e. The van der Waals surface area contributed by atoms with Crippen LogP contribution in [0, 0.1) is 11.3 Å². The van der Waals surface area contributed by atoms with Crippen LogP contribution < -0.4 is 11.1 Å². The Balaban J connectivity index is 1.77. The molecule has 2 aromatic rings. The Morgan fingerprint density at radius 3 is 2.93 bits per heavy atom. The topological polar surface area (TPSA) is 126 Å². The van der Waals surface area contributed by atoms with Gasteiger partial charge in [-0.3, -0.25) is 9.78 Å². The molecule has 3 rings (SSSR count). The van der Waals surface area contributed by atoms with Crippen molar-refractivity contribution in [2.75, 3.05) is 11.9 Å². The highest BCUT2D eigenvalue weighted by atomic mass is 32.2. The van der Waals surface area contributed by atoms with Gasteiger partial charge in [-0.25, -0.2) is 9.98 Å². The maximum atomic E-state index is 12.4. The average molecular weight is 432 g/mol. The fourth-order valence-corrected chi connectivity index (χ4v) is 4.15. The summed E-state index contributed by atoms with van der Waals surface area (Å²) in [6.07, 6.45) is 3.21. The molecule has 0 radical (unpaired) electrons. The quantitative estimate of drug-likeness (QED) is 0.719. The van der Waals surface area contributed by atoms with Gasteiger partial charge in [-0.15, -0.1) is 0 Å². The number of halogens is 2. The maximum Gasteiger partial charge on any atom is 0.345 e. The summed E-state index contributed by atoms with van der Waals surface area (Å²) in [7, 11) is 0. The second kappa shape index (κ2) is 9.15. The Hall–Kier alpha value is -3.10. The number of rotatable bonds is 6. The highest BCUT2D eigenvalue weighted by Gasteiger charge is 2.36. The number of aromatic nitrogens is 2. The molecule has 0 unspecified atom stereocenters. The van der Waals surface area contributed by atoms with Gasteiger partial charge in [0.15, 0.2) is 5.17 Å². The Labute approximate surface area is 175 Å². The second-order valence-electron chi connectivity index (χ2n) is 6.69. The highest BCUT2D eigenvalue weighted by molar-refractivity contribution is 8.14. The molecule has 0 saturated carbocycles. The normalized spacial score (nSPS) is 21.0. The third kappa shape index (κ3) is 5.28. The van der Waals surface area contributed by atoms with E-state index in [1.807, 2.05) is 6.07 Å². The van der Waals surface area contributed by atoms with Crippen LogP contribution in [0.25, 0.3) is 0 Å². The van der Waals surface area contributed by atoms with Crippen LogP contribution in [0.1, 0.15) is 35.1 Å². The predicted molar refractivity (Wildman–Crippen MR) is 108 cm³/mol. The lowest BCUT2D eigenvalue weighted by molar-refractivity contribution is -0.128. The van der Waals surface area contributed by atoms with E-state index < -0.39 is 18.1 Å². The van der Waals surface area contributed by atoms with E-state index in [4.69, 9.17) is 11.0 Å². The molecule has 3 heterocycles. The van der Waals surface area contributed by atoms with Crippen LogP contribution in [0.5, 0.6) is 0 Å². The summed E-state index contributed by atoms with van der Waals surface area (Å²) in [6, 6.07) is 8.15. The Bertz CT molecular complexity index is 995. The number of amidine groups is 1. The number of thioether (sulfide) groups is 1. The van der Waals surface area contributed by atoms with Crippen molar-refractivity contribution in [3.63, 3.8) is 0 Å². The van der Waals surface area contributed by atoms with Gasteiger partial charge in [-0.2, -0.15) is 14.0 Å². The molecular weight excluding hydrogens is 414 g/mol. The Morgan fingerprint density at radius 1 is 1.47 bits per heavy atom. The molecule has 1 aliphatic rings. The minimum atomic E-state index is -2.86. The number of nitriles is 1. The molecule has 0 saturated heterocycles. The molecule has 2 atom stereocenters. The van der Waals surface area contributed by atoms with Gasteiger partial charge in [0.05, 0.1) is 17.9 Å². The van der Waals surface area contributed by atoms with Gasteiger partial charge in [-0.05, 0) is 37.6 Å². The number of alkyl halides is 2. The van der Waals surface area contributed by atoms with Crippen LogP contribution in [0.2, 0.25) is 0 Å². The average Bonchev–Trinajstić information content (AvgIpc) is 2.72. The second-order valence-corrected chi connectivity index (χ2v) is 8.01. The van der Waals surface area contributed by atoms with Crippen molar-refractivity contribution < 1.29 is 18.3 Å². The number of anilines is 1. The standard InChI is InChI=1S/C19H18F2N6O2S/c1-19(7-13(10-29-17(20)21)30-18(23)27-19)15-6-12(4-5-24-15)26-16(28)14-3-2-11(8-22)9-25-14/h2-6,9,13,17H,7,10H2,1H3,(H2,23,27)(H,24,26,28)/t13-,19-/m0/s1. The molecule has 1 amide bonds. The SMILES string of the molecule is C[C@@]1(c2cc(NC(=O)c3ccc(C#N)cn3)ccn2)C[C@@H](COC(F)F)SC(N)=N1. The van der Waals surface area contributed by atoms with Gasteiger partial charge >= 0.3 is 6.61 Å². The number of nitrogens with two attached hydrogens (primary N) is 1. The number of nitrogens with zero attached hydrogens (tertiary/aromatic N) is 4. The van der Waals surface area contributed by atoms with Crippen LogP contribution >= 0.6 is 11.8 Å². The molecule has 0 aliphatic carbocycles. The molecule has 8 nitrogen and oxygen atoms in total. The summed E-state index contributed by atoms with van der Waals surface area (Å²) in [4.78, 5) is 25.2. The molecule has 30 heavy (non-hydrogen) atoms. The molecule has 156 valence electrons. The fraction of sp³-hybridized carbons (Fsp3) is 0.316. The number of nitrogens with one attached hydrogen (secondary N) is 1. The first-order chi connectivity index (χ1) is 14.3. The number of pyridine rings is 2. The predicted octanol–water partition coefficient (Wildman–Crippen LogP) is 2.88. The van der Waals surface area contributed by atoms with Gasteiger partial charge < -0.3 is 15.8 Å². The van der Waals surface area contributed by atoms with Crippen molar-refractivity contribution in [3.05, 3.63) is 53.6 Å². The summed E-state index contributed by atoms with van der Waals surface area (Å²) in [5, 5.41) is 11.5. The summed E-state index contributed by atoms with van der Waals surface area (Å²) >= 11 is 1.18. The lowest BCUT2D eigenvalue weighted by Gasteiger charge is -2.33. The monoisotopic (exact) mass is 432 g/mol. The van der Waals surface area contributed by atoms with E-state index in [0.717, 1.165) is 0 Å². The van der Waals surface area contributed by atoms with Crippen molar-refractivity contribution in [3.8, 4) is 6.07 Å². The van der Waals surface area contributed by atoms with E-state index >= 15 is 0 Å². The minimum absolute atomic E-state index is 0.152. The van der Waals surface area contributed by atoms with Gasteiger partial charge in [0.2, 0.25) is 0 Å². The number of carbonyl (C=O) groups is 1. The van der Waals surface area contributed by atoms with Crippen LogP contribution in [-0.4, -0.2) is 39.5 Å². The maximum absolute atomic E-state index is 12.4. The van der Waals surface area contributed by atoms with E-state index in [-0.39, 0.29) is 22.7 Å².